The van der Waals surface area contributed by atoms with E-state index in [2.05, 4.69) is 29.3 Å². The highest BCUT2D eigenvalue weighted by Gasteiger charge is 2.41. The normalized spacial score (nSPS) is 17.1. The van der Waals surface area contributed by atoms with Crippen molar-refractivity contribution in [3.8, 4) is 45.5 Å². The number of ether oxygens (including phenoxy) is 2. The number of carbonyl (C=O) groups excluding carboxylic acids is 4. The fourth-order valence-corrected chi connectivity index (χ4v) is 8.65. The number of aromatic nitrogens is 4. The van der Waals surface area contributed by atoms with Gasteiger partial charge in [-0.1, -0.05) is 49.6 Å². The Morgan fingerprint density at radius 3 is 1.37 bits per heavy atom. The van der Waals surface area contributed by atoms with Gasteiger partial charge in [-0.15, -0.1) is 0 Å². The van der Waals surface area contributed by atoms with Gasteiger partial charge >= 0.3 is 0 Å². The molecule has 3 amide bonds. The van der Waals surface area contributed by atoms with E-state index < -0.39 is 17.1 Å². The summed E-state index contributed by atoms with van der Waals surface area (Å²) in [5.74, 6) is 4.82. The lowest BCUT2D eigenvalue weighted by molar-refractivity contribution is -0.132. The highest BCUT2D eigenvalue weighted by molar-refractivity contribution is 6.66. The first-order valence-corrected chi connectivity index (χ1v) is 22.3. The van der Waals surface area contributed by atoms with E-state index in [4.69, 9.17) is 42.5 Å². The third-order valence-electron chi connectivity index (χ3n) is 12.1. The van der Waals surface area contributed by atoms with Crippen LogP contribution in [0.1, 0.15) is 57.3 Å². The summed E-state index contributed by atoms with van der Waals surface area (Å²) in [4.78, 5) is 57.5. The van der Waals surface area contributed by atoms with Gasteiger partial charge in [0, 0.05) is 55.1 Å². The van der Waals surface area contributed by atoms with E-state index in [1.807, 2.05) is 109 Å². The van der Waals surface area contributed by atoms with E-state index in [0.717, 1.165) is 78.6 Å². The number of nitrogens with zero attached hydrogens (tertiary/aromatic N) is 5. The minimum Gasteiger partial charge on any atom is -0.457 e. The zero-order valence-corrected chi connectivity index (χ0v) is 37.4. The van der Waals surface area contributed by atoms with Crippen molar-refractivity contribution in [3.63, 3.8) is 0 Å². The summed E-state index contributed by atoms with van der Waals surface area (Å²) in [5.41, 5.74) is 21.6. The van der Waals surface area contributed by atoms with Crippen LogP contribution in [0, 0.1) is 11.8 Å². The van der Waals surface area contributed by atoms with Gasteiger partial charge in [0.1, 0.15) is 46.0 Å². The smallest absolute Gasteiger partial charge is 0.269 e. The number of nitrogens with two attached hydrogens (primary N) is 2. The number of nitrogens with one attached hydrogen (secondary N) is 3. The highest BCUT2D eigenvalue weighted by atomic mass is 35.5. The molecule has 2 aromatic heterocycles. The van der Waals surface area contributed by atoms with Crippen molar-refractivity contribution in [3.05, 3.63) is 158 Å². The monoisotopic (exact) mass is 922 g/mol. The van der Waals surface area contributed by atoms with Gasteiger partial charge in [-0.05, 0) is 128 Å². The van der Waals surface area contributed by atoms with Gasteiger partial charge in [-0.3, -0.25) is 19.2 Å². The fourth-order valence-electron chi connectivity index (χ4n) is 8.65. The molecular weight excluding hydrogens is 872 g/mol. The van der Waals surface area contributed by atoms with Crippen LogP contribution in [0.15, 0.2) is 135 Å². The molecule has 2 unspecified atom stereocenters. The van der Waals surface area contributed by atoms with Crippen molar-refractivity contribution in [2.24, 2.45) is 23.3 Å². The summed E-state index contributed by atoms with van der Waals surface area (Å²) in [6, 6.07) is 34.2. The van der Waals surface area contributed by atoms with E-state index in [1.54, 1.807) is 14.3 Å². The number of likely N-dealkylation sites (tertiary alicyclic amines) is 1. The van der Waals surface area contributed by atoms with Gasteiger partial charge in [-0.2, -0.15) is 0 Å². The number of allylic oxidation sites excluding steroid dienone is 1. The SMILES string of the molecule is C=CC(=O)Cl.C=CC(=O)N1CC(C2CCNn3c2nc(-c2ccc(Oc4ccccc4)cc2)c3C(N)=O)C1.NC(=O)c1c(-c2ccc(Oc3ccccc3)cc2)nc2n1NCCC2C1CNC1. The second kappa shape index (κ2) is 20.6. The lowest BCUT2D eigenvalue weighted by atomic mass is 9.82. The van der Waals surface area contributed by atoms with E-state index >= 15 is 0 Å². The summed E-state index contributed by atoms with van der Waals surface area (Å²) >= 11 is 4.71. The van der Waals surface area contributed by atoms with E-state index in [1.165, 1.54) is 6.08 Å². The van der Waals surface area contributed by atoms with Gasteiger partial charge < -0.3 is 42.0 Å². The average molecular weight is 923 g/mol. The first kappa shape index (κ1) is 45.9. The summed E-state index contributed by atoms with van der Waals surface area (Å²) in [7, 11) is 0. The van der Waals surface area contributed by atoms with Crippen molar-refractivity contribution in [2.45, 2.75) is 24.7 Å². The second-order valence-electron chi connectivity index (χ2n) is 16.4. The Morgan fingerprint density at radius 2 is 1.01 bits per heavy atom. The number of benzene rings is 4. The molecule has 2 atom stereocenters. The Morgan fingerprint density at radius 1 is 0.612 bits per heavy atom. The van der Waals surface area contributed by atoms with Crippen LogP contribution in [0.2, 0.25) is 0 Å². The van der Waals surface area contributed by atoms with Crippen LogP contribution >= 0.6 is 11.6 Å². The van der Waals surface area contributed by atoms with Gasteiger partial charge in [0.15, 0.2) is 11.4 Å². The lowest BCUT2D eigenvalue weighted by Crippen LogP contribution is -2.53. The molecule has 4 aromatic carbocycles. The number of fused-ring (bicyclic) bond motifs is 2. The molecule has 7 N–H and O–H groups in total. The van der Waals surface area contributed by atoms with Crippen LogP contribution in [0.3, 0.4) is 0 Å². The average Bonchev–Trinajstić information content (AvgIpc) is 3.91. The molecule has 6 heterocycles. The third kappa shape index (κ3) is 10.2. The van der Waals surface area contributed by atoms with Gasteiger partial charge in [0.05, 0.1) is 0 Å². The van der Waals surface area contributed by atoms with Crippen molar-refractivity contribution >= 4 is 34.6 Å². The van der Waals surface area contributed by atoms with Crippen molar-refractivity contribution in [1.82, 2.24) is 29.5 Å². The Labute approximate surface area is 392 Å². The number of carbonyl (C=O) groups is 4. The zero-order chi connectivity index (χ0) is 47.0. The molecular formula is C50H51ClN10O6. The molecule has 0 spiro atoms. The number of hydrogen-bond donors (Lipinski definition) is 5. The molecule has 4 aliphatic heterocycles. The van der Waals surface area contributed by atoms with Crippen LogP contribution in [0.4, 0.5) is 0 Å². The molecule has 16 nitrogen and oxygen atoms in total. The van der Waals surface area contributed by atoms with Crippen LogP contribution < -0.4 is 37.1 Å². The van der Waals surface area contributed by atoms with Crippen LogP contribution in [0.5, 0.6) is 23.0 Å². The van der Waals surface area contributed by atoms with E-state index in [9.17, 15) is 19.2 Å². The number of primary amides is 2. The molecule has 4 aliphatic rings. The molecule has 67 heavy (non-hydrogen) atoms. The molecule has 17 heteroatoms. The summed E-state index contributed by atoms with van der Waals surface area (Å²) in [5, 5.41) is 2.82. The Bertz CT molecular complexity index is 2750. The van der Waals surface area contributed by atoms with Crippen molar-refractivity contribution in [2.75, 3.05) is 50.1 Å². The van der Waals surface area contributed by atoms with Gasteiger partial charge in [0.25, 0.3) is 11.8 Å². The topological polar surface area (TPSA) is 214 Å². The third-order valence-corrected chi connectivity index (χ3v) is 12.3. The molecule has 0 radical (unpaired) electrons. The largest absolute Gasteiger partial charge is 0.457 e. The molecule has 344 valence electrons. The maximum Gasteiger partial charge on any atom is 0.269 e. The molecule has 6 aromatic rings. The van der Waals surface area contributed by atoms with Crippen LogP contribution in [-0.4, -0.2) is 86.5 Å². The Kier molecular flexibility index (Phi) is 14.1. The predicted molar refractivity (Wildman–Crippen MR) is 256 cm³/mol. The second-order valence-corrected chi connectivity index (χ2v) is 16.7. The van der Waals surface area contributed by atoms with Crippen LogP contribution in [0.25, 0.3) is 22.5 Å². The molecule has 2 saturated heterocycles. The van der Waals surface area contributed by atoms with E-state index in [-0.39, 0.29) is 17.7 Å². The molecule has 0 aliphatic carbocycles. The Hall–Kier alpha value is -7.69. The molecule has 2 fully saturated rings. The maximum absolute atomic E-state index is 12.4. The molecule has 10 rings (SSSR count). The quantitative estimate of drug-likeness (QED) is 0.0640. The molecule has 0 saturated carbocycles. The standard InChI is InChI=1S/C25H25N5O3.C22H23N5O2.C3H3ClO/c1-2-21(31)29-14-17(15-29)20-12-13-27-30-23(24(26)32)22(28-25(20)30)16-8-10-19(11-9-16)33-18-6-4-3-5-7-18;23-21(28)20-19(26-22-18(15-12-24-13-15)10-11-25-27(20)22)14-6-8-17(9-7-14)29-16-4-2-1-3-5-16;1-2-3(4)5/h2-11,17,20,27H,1,12-15H2,(H2,26,32);1-9,15,18,24-25H,10-13H2,(H2,23,28);2H,1H2. The first-order chi connectivity index (χ1) is 32.5. The van der Waals surface area contributed by atoms with E-state index in [0.29, 0.717) is 60.0 Å². The number of amides is 3. The number of rotatable bonds is 12. The summed E-state index contributed by atoms with van der Waals surface area (Å²) in [6.45, 7) is 11.4. The van der Waals surface area contributed by atoms with Crippen molar-refractivity contribution < 1.29 is 28.7 Å². The fraction of sp³-hybridized carbons (Fsp3) is 0.240. The number of imidazole rings is 2. The van der Waals surface area contributed by atoms with Crippen LogP contribution in [-0.2, 0) is 9.59 Å². The number of halogens is 1. The number of para-hydroxylation sites is 2. The Balaban J connectivity index is 0.000000166. The van der Waals surface area contributed by atoms with Gasteiger partial charge in [0.2, 0.25) is 11.1 Å². The molecule has 0 bridgehead atoms. The predicted octanol–water partition coefficient (Wildman–Crippen LogP) is 6.75. The first-order valence-electron chi connectivity index (χ1n) is 22.0. The zero-order valence-electron chi connectivity index (χ0n) is 36.6. The summed E-state index contributed by atoms with van der Waals surface area (Å²) < 4.78 is 15.3. The summed E-state index contributed by atoms with van der Waals surface area (Å²) in [6.07, 6.45) is 4.26. The van der Waals surface area contributed by atoms with Gasteiger partial charge in [-0.25, -0.2) is 19.3 Å². The van der Waals surface area contributed by atoms with Crippen molar-refractivity contribution in [1.29, 1.82) is 0 Å². The maximum atomic E-state index is 12.4. The highest BCUT2D eigenvalue weighted by Crippen LogP contribution is 2.40. The minimum atomic E-state index is -0.543. The lowest BCUT2D eigenvalue weighted by Gasteiger charge is -2.44. The minimum absolute atomic E-state index is 0.0557. The number of hydrogen-bond acceptors (Lipinski definition) is 11.